The maximum atomic E-state index is 14.4. The Morgan fingerprint density at radius 3 is 2.79 bits per heavy atom. The molecule has 5 rings (SSSR count). The van der Waals surface area contributed by atoms with Crippen LogP contribution in [0.25, 0.3) is 11.0 Å². The van der Waals surface area contributed by atoms with Crippen LogP contribution in [0.2, 0.25) is 0 Å². The maximum Gasteiger partial charge on any atom is 0.275 e. The molecule has 3 aromatic rings. The third kappa shape index (κ3) is 4.04. The van der Waals surface area contributed by atoms with E-state index in [0.717, 1.165) is 6.20 Å². The van der Waals surface area contributed by atoms with E-state index in [0.29, 0.717) is 5.56 Å². The molecule has 4 heterocycles. The molecule has 1 amide bonds. The second-order valence-corrected chi connectivity index (χ2v) is 8.65. The van der Waals surface area contributed by atoms with E-state index >= 15 is 0 Å². The highest BCUT2D eigenvalue weighted by Gasteiger charge is 2.40. The van der Waals surface area contributed by atoms with E-state index in [1.165, 1.54) is 23.5 Å². The van der Waals surface area contributed by atoms with Crippen molar-refractivity contribution < 1.29 is 27.5 Å². The number of pyridine rings is 1. The molecule has 13 heteroatoms. The summed E-state index contributed by atoms with van der Waals surface area (Å²) < 4.78 is 54.3. The van der Waals surface area contributed by atoms with Crippen LogP contribution in [0.1, 0.15) is 41.4 Å². The zero-order valence-electron chi connectivity index (χ0n) is 17.7. The Bertz CT molecular complexity index is 1210. The van der Waals surface area contributed by atoms with Crippen LogP contribution in [0, 0.1) is 11.7 Å². The number of aromatic nitrogens is 5. The monoisotopic (exact) mass is 479 g/mol. The Hall–Kier alpha value is -3.35. The number of hydrogen-bond donors (Lipinski definition) is 3. The fraction of sp³-hybridized carbons (Fsp3) is 0.476. The quantitative estimate of drug-likeness (QED) is 0.481. The number of halogens is 4. The number of rotatable bonds is 5. The molecule has 3 aromatic heterocycles. The van der Waals surface area contributed by atoms with Gasteiger partial charge in [0.2, 0.25) is 6.43 Å². The number of H-pyrrole nitrogens is 1. The number of hydrogen-bond acceptors (Lipinski definition) is 7. The molecule has 1 saturated heterocycles. The fourth-order valence-electron chi connectivity index (χ4n) is 4.79. The lowest BCUT2D eigenvalue weighted by atomic mass is 10.1. The zero-order valence-corrected chi connectivity index (χ0v) is 17.7. The highest BCUT2D eigenvalue weighted by atomic mass is 19.3. The summed E-state index contributed by atoms with van der Waals surface area (Å²) in [6, 6.07) is -0.250. The van der Waals surface area contributed by atoms with Gasteiger partial charge in [-0.25, -0.2) is 27.5 Å². The molecule has 0 spiro atoms. The van der Waals surface area contributed by atoms with Crippen molar-refractivity contribution in [3.8, 4) is 0 Å². The topological polar surface area (TPSA) is 120 Å². The highest BCUT2D eigenvalue weighted by molar-refractivity contribution is 6.07. The summed E-state index contributed by atoms with van der Waals surface area (Å²) in [6.07, 6.45) is -1.36. The van der Waals surface area contributed by atoms with E-state index in [4.69, 9.17) is 0 Å². The van der Waals surface area contributed by atoms with E-state index in [1.54, 1.807) is 0 Å². The maximum absolute atomic E-state index is 14.4. The summed E-state index contributed by atoms with van der Waals surface area (Å²) in [5.41, 5.74) is 0.466. The van der Waals surface area contributed by atoms with E-state index < -0.39 is 48.4 Å². The van der Waals surface area contributed by atoms with Crippen molar-refractivity contribution in [3.63, 3.8) is 0 Å². The number of carbonyl (C=O) groups excluding carboxylic acids is 1. The Kier molecular flexibility index (Phi) is 5.80. The number of aromatic amines is 1. The Morgan fingerprint density at radius 1 is 1.24 bits per heavy atom. The number of fused-ring (bicyclic) bond motifs is 1. The third-order valence-corrected chi connectivity index (χ3v) is 6.43. The lowest BCUT2D eigenvalue weighted by Crippen LogP contribution is -2.32. The van der Waals surface area contributed by atoms with Gasteiger partial charge in [0.05, 0.1) is 36.3 Å². The van der Waals surface area contributed by atoms with Crippen molar-refractivity contribution >= 4 is 22.8 Å². The Morgan fingerprint density at radius 2 is 2.06 bits per heavy atom. The number of aliphatic hydroxyl groups is 1. The zero-order chi connectivity index (χ0) is 24.0. The van der Waals surface area contributed by atoms with Crippen LogP contribution in [0.4, 0.5) is 23.4 Å². The molecule has 9 nitrogen and oxygen atoms in total. The van der Waals surface area contributed by atoms with Crippen LogP contribution in [0.5, 0.6) is 0 Å². The van der Waals surface area contributed by atoms with Crippen molar-refractivity contribution in [1.29, 1.82) is 0 Å². The van der Waals surface area contributed by atoms with Gasteiger partial charge >= 0.3 is 0 Å². The lowest BCUT2D eigenvalue weighted by Gasteiger charge is -2.24. The molecular formula is C21H21F4N7O2. The molecule has 0 unspecified atom stereocenters. The Labute approximate surface area is 190 Å². The van der Waals surface area contributed by atoms with Crippen LogP contribution in [-0.2, 0) is 0 Å². The standard InChI is InChI=1S/C21H21F4N7O2/c22-11-1-10(5-26-6-11)14-4-12(23)7-32(14)21(34)17-16-19(27-8-28-20(16)31-30-17)29-13-2-9(18(24)25)3-15(13)33/h1,5-6,8-9,12-15,18,33H,2-4,7H2,(H2,27,28,29,30,31)/t9-,12+,13-,14-,15-/m1/s1. The first-order chi connectivity index (χ1) is 16.3. The van der Waals surface area contributed by atoms with E-state index in [1.807, 2.05) is 0 Å². The van der Waals surface area contributed by atoms with Crippen molar-refractivity contribution in [3.05, 3.63) is 41.9 Å². The largest absolute Gasteiger partial charge is 0.391 e. The molecule has 3 N–H and O–H groups in total. The molecule has 0 aromatic carbocycles. The molecule has 2 aliphatic rings. The number of amides is 1. The van der Waals surface area contributed by atoms with Gasteiger partial charge in [0, 0.05) is 18.5 Å². The van der Waals surface area contributed by atoms with Crippen LogP contribution in [0.3, 0.4) is 0 Å². The van der Waals surface area contributed by atoms with Crippen molar-refractivity contribution in [2.45, 2.75) is 50.0 Å². The number of carbonyl (C=O) groups is 1. The number of nitrogens with one attached hydrogen (secondary N) is 2. The molecule has 5 atom stereocenters. The summed E-state index contributed by atoms with van der Waals surface area (Å²) in [6.45, 7) is -0.220. The Balaban J connectivity index is 1.46. The van der Waals surface area contributed by atoms with E-state index in [9.17, 15) is 27.5 Å². The first-order valence-electron chi connectivity index (χ1n) is 10.8. The number of alkyl halides is 3. The van der Waals surface area contributed by atoms with Crippen molar-refractivity contribution in [2.75, 3.05) is 11.9 Å². The van der Waals surface area contributed by atoms with Crippen LogP contribution in [0.15, 0.2) is 24.8 Å². The number of likely N-dealkylation sites (tertiary alicyclic amines) is 1. The molecule has 0 radical (unpaired) electrons. The smallest absolute Gasteiger partial charge is 0.275 e. The second-order valence-electron chi connectivity index (χ2n) is 8.65. The molecule has 34 heavy (non-hydrogen) atoms. The van der Waals surface area contributed by atoms with E-state index in [2.05, 4.69) is 30.5 Å². The molecule has 1 saturated carbocycles. The van der Waals surface area contributed by atoms with Gasteiger partial charge in [-0.3, -0.25) is 14.9 Å². The molecule has 2 fully saturated rings. The van der Waals surface area contributed by atoms with Gasteiger partial charge in [-0.15, -0.1) is 0 Å². The molecule has 0 bridgehead atoms. The van der Waals surface area contributed by atoms with E-state index in [-0.39, 0.29) is 48.4 Å². The predicted octanol–water partition coefficient (Wildman–Crippen LogP) is 2.63. The molecular weight excluding hydrogens is 458 g/mol. The van der Waals surface area contributed by atoms with Crippen LogP contribution < -0.4 is 5.32 Å². The van der Waals surface area contributed by atoms with Gasteiger partial charge in [0.15, 0.2) is 11.3 Å². The van der Waals surface area contributed by atoms with Gasteiger partial charge in [-0.05, 0) is 24.5 Å². The summed E-state index contributed by atoms with van der Waals surface area (Å²) in [5, 5.41) is 20.1. The number of aliphatic hydroxyl groups excluding tert-OH is 1. The van der Waals surface area contributed by atoms with Gasteiger partial charge in [0.1, 0.15) is 24.1 Å². The first-order valence-corrected chi connectivity index (χ1v) is 10.8. The highest BCUT2D eigenvalue weighted by Crippen LogP contribution is 2.37. The minimum absolute atomic E-state index is 0.0236. The molecule has 1 aliphatic heterocycles. The average Bonchev–Trinajstić information content (AvgIpc) is 3.51. The van der Waals surface area contributed by atoms with Gasteiger partial charge in [-0.2, -0.15) is 5.10 Å². The van der Waals surface area contributed by atoms with Crippen molar-refractivity contribution in [2.24, 2.45) is 5.92 Å². The summed E-state index contributed by atoms with van der Waals surface area (Å²) in [7, 11) is 0. The van der Waals surface area contributed by atoms with Crippen molar-refractivity contribution in [1.82, 2.24) is 30.0 Å². The SMILES string of the molecule is O=C(c1n[nH]c2ncnc(N[C@@H]3C[C@@H](C(F)F)C[C@H]3O)c12)N1C[C@@H](F)C[C@@H]1c1cncc(F)c1. The number of anilines is 1. The van der Waals surface area contributed by atoms with Crippen LogP contribution in [-0.4, -0.2) is 72.4 Å². The summed E-state index contributed by atoms with van der Waals surface area (Å²) in [4.78, 5) is 26.7. The molecule has 180 valence electrons. The lowest BCUT2D eigenvalue weighted by molar-refractivity contribution is 0.0701. The van der Waals surface area contributed by atoms with Gasteiger partial charge in [-0.1, -0.05) is 0 Å². The minimum atomic E-state index is -2.56. The summed E-state index contributed by atoms with van der Waals surface area (Å²) >= 11 is 0. The van der Waals surface area contributed by atoms with Crippen LogP contribution >= 0.6 is 0 Å². The summed E-state index contributed by atoms with van der Waals surface area (Å²) in [5.74, 6) is -2.05. The minimum Gasteiger partial charge on any atom is -0.391 e. The average molecular weight is 479 g/mol. The normalized spacial score (nSPS) is 27.1. The second kappa shape index (κ2) is 8.78. The fourth-order valence-corrected chi connectivity index (χ4v) is 4.79. The first kappa shape index (κ1) is 22.4. The number of nitrogens with zero attached hydrogens (tertiary/aromatic N) is 5. The van der Waals surface area contributed by atoms with Gasteiger partial charge in [0.25, 0.3) is 5.91 Å². The molecule has 1 aliphatic carbocycles. The predicted molar refractivity (Wildman–Crippen MR) is 111 cm³/mol. The third-order valence-electron chi connectivity index (χ3n) is 6.43. The van der Waals surface area contributed by atoms with Gasteiger partial charge < -0.3 is 15.3 Å².